The smallest absolute Gasteiger partial charge is 0.108 e. The van der Waals surface area contributed by atoms with Crippen LogP contribution in [0.3, 0.4) is 0 Å². The van der Waals surface area contributed by atoms with Gasteiger partial charge in [-0.1, -0.05) is 28.1 Å². The zero-order chi connectivity index (χ0) is 11.5. The molecule has 1 aromatic heterocycles. The van der Waals surface area contributed by atoms with Crippen molar-refractivity contribution in [1.82, 2.24) is 9.97 Å². The van der Waals surface area contributed by atoms with Crippen LogP contribution in [-0.4, -0.2) is 15.1 Å². The molecule has 0 aliphatic carbocycles. The highest BCUT2D eigenvalue weighted by atomic mass is 79.9. The lowest BCUT2D eigenvalue weighted by molar-refractivity contribution is 0.175. The SMILES string of the molecule is Cc1c(Br)cccc1C(O)Cc1ncc[nH]1. The van der Waals surface area contributed by atoms with Gasteiger partial charge in [0.15, 0.2) is 0 Å². The van der Waals surface area contributed by atoms with Crippen LogP contribution in [-0.2, 0) is 6.42 Å². The highest BCUT2D eigenvalue weighted by molar-refractivity contribution is 9.10. The molecular weight excluding hydrogens is 268 g/mol. The highest BCUT2D eigenvalue weighted by Gasteiger charge is 2.13. The second-order valence-electron chi connectivity index (χ2n) is 3.71. The fourth-order valence-corrected chi connectivity index (χ4v) is 2.07. The van der Waals surface area contributed by atoms with Gasteiger partial charge in [0.1, 0.15) is 5.82 Å². The molecule has 1 atom stereocenters. The van der Waals surface area contributed by atoms with Crippen molar-refractivity contribution < 1.29 is 5.11 Å². The van der Waals surface area contributed by atoms with Gasteiger partial charge in [-0.15, -0.1) is 0 Å². The van der Waals surface area contributed by atoms with Gasteiger partial charge >= 0.3 is 0 Å². The van der Waals surface area contributed by atoms with Crippen LogP contribution in [0.1, 0.15) is 23.1 Å². The maximum Gasteiger partial charge on any atom is 0.108 e. The molecule has 16 heavy (non-hydrogen) atoms. The summed E-state index contributed by atoms with van der Waals surface area (Å²) in [6.07, 6.45) is 3.43. The normalized spacial score (nSPS) is 12.7. The number of nitrogens with one attached hydrogen (secondary N) is 1. The first-order valence-corrected chi connectivity index (χ1v) is 5.89. The van der Waals surface area contributed by atoms with Crippen molar-refractivity contribution in [3.05, 3.63) is 52.0 Å². The average molecular weight is 281 g/mol. The van der Waals surface area contributed by atoms with Crippen LogP contribution < -0.4 is 0 Å². The van der Waals surface area contributed by atoms with Gasteiger partial charge in [0.25, 0.3) is 0 Å². The number of aromatic amines is 1. The number of aliphatic hydroxyl groups is 1. The first-order valence-electron chi connectivity index (χ1n) is 5.10. The molecule has 0 aliphatic heterocycles. The quantitative estimate of drug-likeness (QED) is 0.908. The van der Waals surface area contributed by atoms with E-state index in [2.05, 4.69) is 25.9 Å². The van der Waals surface area contributed by atoms with Crippen LogP contribution in [0.5, 0.6) is 0 Å². The summed E-state index contributed by atoms with van der Waals surface area (Å²) in [6.45, 7) is 1.99. The van der Waals surface area contributed by atoms with E-state index in [1.165, 1.54) is 0 Å². The van der Waals surface area contributed by atoms with Crippen LogP contribution in [0, 0.1) is 6.92 Å². The molecule has 84 valence electrons. The van der Waals surface area contributed by atoms with E-state index < -0.39 is 6.10 Å². The molecule has 1 heterocycles. The molecule has 0 aliphatic rings. The minimum absolute atomic E-state index is 0.504. The van der Waals surface area contributed by atoms with Gasteiger partial charge in [0.05, 0.1) is 6.10 Å². The molecule has 4 heteroatoms. The van der Waals surface area contributed by atoms with Crippen molar-refractivity contribution in [1.29, 1.82) is 0 Å². The monoisotopic (exact) mass is 280 g/mol. The highest BCUT2D eigenvalue weighted by Crippen LogP contribution is 2.26. The Kier molecular flexibility index (Phi) is 3.41. The lowest BCUT2D eigenvalue weighted by Crippen LogP contribution is -2.05. The molecule has 0 radical (unpaired) electrons. The molecule has 0 bridgehead atoms. The van der Waals surface area contributed by atoms with Gasteiger partial charge < -0.3 is 10.1 Å². The second kappa shape index (κ2) is 4.80. The zero-order valence-electron chi connectivity index (χ0n) is 8.94. The molecule has 0 saturated carbocycles. The van der Waals surface area contributed by atoms with Crippen LogP contribution in [0.25, 0.3) is 0 Å². The summed E-state index contributed by atoms with van der Waals surface area (Å²) in [5.74, 6) is 0.798. The van der Waals surface area contributed by atoms with Crippen molar-refractivity contribution in [3.63, 3.8) is 0 Å². The Balaban J connectivity index is 2.21. The number of hydrogen-bond acceptors (Lipinski definition) is 2. The van der Waals surface area contributed by atoms with Crippen LogP contribution in [0.15, 0.2) is 35.1 Å². The Labute approximate surface area is 103 Å². The van der Waals surface area contributed by atoms with Crippen molar-refractivity contribution in [2.45, 2.75) is 19.4 Å². The van der Waals surface area contributed by atoms with E-state index in [1.54, 1.807) is 12.4 Å². The van der Waals surface area contributed by atoms with E-state index in [4.69, 9.17) is 0 Å². The lowest BCUT2D eigenvalue weighted by atomic mass is 10.0. The summed E-state index contributed by atoms with van der Waals surface area (Å²) in [4.78, 5) is 7.10. The Hall–Kier alpha value is -1.13. The first kappa shape index (κ1) is 11.4. The summed E-state index contributed by atoms with van der Waals surface area (Å²) in [6, 6.07) is 5.84. The molecular formula is C12H13BrN2O. The predicted molar refractivity (Wildman–Crippen MR) is 66.1 cm³/mol. The molecule has 1 aromatic carbocycles. The van der Waals surface area contributed by atoms with Crippen molar-refractivity contribution in [2.24, 2.45) is 0 Å². The van der Waals surface area contributed by atoms with E-state index in [1.807, 2.05) is 25.1 Å². The van der Waals surface area contributed by atoms with Crippen molar-refractivity contribution in [2.75, 3.05) is 0 Å². The molecule has 1 unspecified atom stereocenters. The van der Waals surface area contributed by atoms with Crippen LogP contribution >= 0.6 is 15.9 Å². The predicted octanol–water partition coefficient (Wildman–Crippen LogP) is 2.76. The third kappa shape index (κ3) is 2.33. The fourth-order valence-electron chi connectivity index (χ4n) is 1.69. The van der Waals surface area contributed by atoms with E-state index >= 15 is 0 Å². The van der Waals surface area contributed by atoms with Crippen molar-refractivity contribution in [3.8, 4) is 0 Å². The Bertz CT molecular complexity index is 468. The topological polar surface area (TPSA) is 48.9 Å². The number of hydrogen-bond donors (Lipinski definition) is 2. The van der Waals surface area contributed by atoms with Crippen LogP contribution in [0.2, 0.25) is 0 Å². The maximum atomic E-state index is 10.1. The van der Waals surface area contributed by atoms with E-state index in [9.17, 15) is 5.11 Å². The maximum absolute atomic E-state index is 10.1. The fraction of sp³-hybridized carbons (Fsp3) is 0.250. The Morgan fingerprint density at radius 3 is 3.00 bits per heavy atom. The van der Waals surface area contributed by atoms with Gasteiger partial charge in [0.2, 0.25) is 0 Å². The van der Waals surface area contributed by atoms with Crippen LogP contribution in [0.4, 0.5) is 0 Å². The van der Waals surface area contributed by atoms with E-state index in [0.29, 0.717) is 6.42 Å². The number of aliphatic hydroxyl groups excluding tert-OH is 1. The third-order valence-corrected chi connectivity index (χ3v) is 3.47. The number of imidazole rings is 1. The lowest BCUT2D eigenvalue weighted by Gasteiger charge is -2.13. The average Bonchev–Trinajstić information content (AvgIpc) is 2.74. The number of benzene rings is 1. The van der Waals surface area contributed by atoms with E-state index in [-0.39, 0.29) is 0 Å². The molecule has 2 aromatic rings. The molecule has 2 rings (SSSR count). The van der Waals surface area contributed by atoms with Gasteiger partial charge in [-0.05, 0) is 24.1 Å². The number of halogens is 1. The standard InChI is InChI=1S/C12H13BrN2O/c1-8-9(3-2-4-10(8)13)11(16)7-12-14-5-6-15-12/h2-6,11,16H,7H2,1H3,(H,14,15). The third-order valence-electron chi connectivity index (χ3n) is 2.61. The largest absolute Gasteiger partial charge is 0.388 e. The summed E-state index contributed by atoms with van der Waals surface area (Å²) in [5, 5.41) is 10.1. The minimum Gasteiger partial charge on any atom is -0.388 e. The number of aromatic nitrogens is 2. The number of H-pyrrole nitrogens is 1. The van der Waals surface area contributed by atoms with E-state index in [0.717, 1.165) is 21.4 Å². The summed E-state index contributed by atoms with van der Waals surface area (Å²) in [5.41, 5.74) is 2.01. The van der Waals surface area contributed by atoms with Gasteiger partial charge in [-0.25, -0.2) is 4.98 Å². The molecule has 0 amide bonds. The summed E-state index contributed by atoms with van der Waals surface area (Å²) in [7, 11) is 0. The molecule has 3 nitrogen and oxygen atoms in total. The molecule has 0 saturated heterocycles. The number of nitrogens with zero attached hydrogens (tertiary/aromatic N) is 1. The van der Waals surface area contributed by atoms with Gasteiger partial charge in [-0.2, -0.15) is 0 Å². The molecule has 0 fully saturated rings. The molecule has 0 spiro atoms. The summed E-state index contributed by atoms with van der Waals surface area (Å²) < 4.78 is 1.02. The number of rotatable bonds is 3. The van der Waals surface area contributed by atoms with Crippen molar-refractivity contribution >= 4 is 15.9 Å². The first-order chi connectivity index (χ1) is 7.68. The Morgan fingerprint density at radius 1 is 1.50 bits per heavy atom. The zero-order valence-corrected chi connectivity index (χ0v) is 10.5. The minimum atomic E-state index is -0.524. The Morgan fingerprint density at radius 2 is 2.31 bits per heavy atom. The van der Waals surface area contributed by atoms with Gasteiger partial charge in [0, 0.05) is 23.3 Å². The molecule has 2 N–H and O–H groups in total. The van der Waals surface area contributed by atoms with Gasteiger partial charge in [-0.3, -0.25) is 0 Å². The summed E-state index contributed by atoms with van der Waals surface area (Å²) >= 11 is 3.46. The second-order valence-corrected chi connectivity index (χ2v) is 4.56.